The van der Waals surface area contributed by atoms with E-state index in [0.717, 1.165) is 13.0 Å². The average molecular weight is 288 g/mol. The fraction of sp³-hybridized carbons (Fsp3) is 1.00. The number of ether oxygens (including phenoxy) is 2. The molecule has 1 heterocycles. The van der Waals surface area contributed by atoms with Crippen LogP contribution in [-0.2, 0) is 9.47 Å². The molecule has 1 aliphatic rings. The molecule has 0 spiro atoms. The molecule has 0 radical (unpaired) electrons. The Morgan fingerprint density at radius 1 is 1.55 bits per heavy atom. The summed E-state index contributed by atoms with van der Waals surface area (Å²) in [6.45, 7) is 3.45. The van der Waals surface area contributed by atoms with Gasteiger partial charge in [0.25, 0.3) is 0 Å². The van der Waals surface area contributed by atoms with Gasteiger partial charge in [-0.3, -0.25) is 0 Å². The molecular formula is C7H12Br2O2. The lowest BCUT2D eigenvalue weighted by atomic mass is 10.2. The van der Waals surface area contributed by atoms with Crippen LogP contribution in [0, 0.1) is 0 Å². The van der Waals surface area contributed by atoms with Crippen molar-refractivity contribution >= 4 is 31.9 Å². The van der Waals surface area contributed by atoms with Gasteiger partial charge in [0.05, 0.1) is 11.4 Å². The second-order valence-corrected chi connectivity index (χ2v) is 4.68. The van der Waals surface area contributed by atoms with Crippen molar-refractivity contribution in [3.8, 4) is 0 Å². The highest BCUT2D eigenvalue weighted by atomic mass is 79.9. The molecule has 0 saturated carbocycles. The van der Waals surface area contributed by atoms with E-state index in [9.17, 15) is 0 Å². The first-order valence-electron chi connectivity index (χ1n) is 3.77. The van der Waals surface area contributed by atoms with Crippen LogP contribution in [0.25, 0.3) is 0 Å². The highest BCUT2D eigenvalue weighted by molar-refractivity contribution is 9.12. The summed E-state index contributed by atoms with van der Waals surface area (Å²) in [5, 5.41) is 0. The maximum Gasteiger partial charge on any atom is 0.171 e. The number of halogens is 2. The van der Waals surface area contributed by atoms with Crippen molar-refractivity contribution in [1.29, 1.82) is 0 Å². The molecule has 1 rings (SSSR count). The number of rotatable bonds is 2. The van der Waals surface area contributed by atoms with E-state index in [4.69, 9.17) is 9.47 Å². The SMILES string of the molecule is CCO[C@H]1OCC[C@@H](Br)[C@@H]1Br. The van der Waals surface area contributed by atoms with Gasteiger partial charge in [0.15, 0.2) is 6.29 Å². The molecule has 11 heavy (non-hydrogen) atoms. The summed E-state index contributed by atoms with van der Waals surface area (Å²) in [4.78, 5) is 0.740. The molecule has 1 fully saturated rings. The summed E-state index contributed by atoms with van der Waals surface area (Å²) in [5.74, 6) is 0. The van der Waals surface area contributed by atoms with Crippen LogP contribution in [0.4, 0.5) is 0 Å². The lowest BCUT2D eigenvalue weighted by molar-refractivity contribution is -0.151. The Labute approximate surface area is 83.9 Å². The molecule has 1 saturated heterocycles. The molecule has 0 bridgehead atoms. The smallest absolute Gasteiger partial charge is 0.171 e. The lowest BCUT2D eigenvalue weighted by Gasteiger charge is -2.31. The second-order valence-electron chi connectivity index (χ2n) is 2.44. The highest BCUT2D eigenvalue weighted by Crippen LogP contribution is 2.27. The molecule has 0 aromatic carbocycles. The molecule has 0 aromatic heterocycles. The molecule has 0 N–H and O–H groups in total. The standard InChI is InChI=1S/C7H12Br2O2/c1-2-10-7-6(9)5(8)3-4-11-7/h5-7H,2-4H2,1H3/t5-,6+,7+/m1/s1. The molecule has 4 heteroatoms. The van der Waals surface area contributed by atoms with E-state index in [0.29, 0.717) is 11.4 Å². The molecule has 2 nitrogen and oxygen atoms in total. The van der Waals surface area contributed by atoms with Crippen LogP contribution in [0.2, 0.25) is 0 Å². The average Bonchev–Trinajstić information content (AvgIpc) is 1.99. The van der Waals surface area contributed by atoms with E-state index in [-0.39, 0.29) is 11.1 Å². The van der Waals surface area contributed by atoms with Gasteiger partial charge in [0, 0.05) is 11.4 Å². The third kappa shape index (κ3) is 2.68. The van der Waals surface area contributed by atoms with Crippen LogP contribution in [0.3, 0.4) is 0 Å². The minimum atomic E-state index is -0.0851. The first-order valence-corrected chi connectivity index (χ1v) is 5.60. The van der Waals surface area contributed by atoms with Crippen LogP contribution < -0.4 is 0 Å². The van der Waals surface area contributed by atoms with Gasteiger partial charge in [0.2, 0.25) is 0 Å². The maximum atomic E-state index is 5.40. The Morgan fingerprint density at radius 3 is 2.91 bits per heavy atom. The first kappa shape index (κ1) is 9.96. The molecule has 0 amide bonds. The second kappa shape index (κ2) is 4.80. The molecular weight excluding hydrogens is 276 g/mol. The monoisotopic (exact) mass is 286 g/mol. The van der Waals surface area contributed by atoms with Crippen molar-refractivity contribution in [3.05, 3.63) is 0 Å². The molecule has 0 aliphatic carbocycles. The van der Waals surface area contributed by atoms with Crippen molar-refractivity contribution in [3.63, 3.8) is 0 Å². The minimum absolute atomic E-state index is 0.0851. The Morgan fingerprint density at radius 2 is 2.27 bits per heavy atom. The van der Waals surface area contributed by atoms with Crippen molar-refractivity contribution in [2.24, 2.45) is 0 Å². The number of alkyl halides is 2. The van der Waals surface area contributed by atoms with E-state index < -0.39 is 0 Å². The topological polar surface area (TPSA) is 18.5 Å². The minimum Gasteiger partial charge on any atom is -0.352 e. The molecule has 3 atom stereocenters. The van der Waals surface area contributed by atoms with E-state index in [1.54, 1.807) is 0 Å². The van der Waals surface area contributed by atoms with Gasteiger partial charge in [-0.25, -0.2) is 0 Å². The van der Waals surface area contributed by atoms with Crippen LogP contribution >= 0.6 is 31.9 Å². The normalized spacial score (nSPS) is 39.0. The summed E-state index contributed by atoms with van der Waals surface area (Å²) < 4.78 is 10.8. The maximum absolute atomic E-state index is 5.40. The van der Waals surface area contributed by atoms with Gasteiger partial charge in [-0.2, -0.15) is 0 Å². The third-order valence-corrected chi connectivity index (χ3v) is 4.42. The van der Waals surface area contributed by atoms with Crippen LogP contribution in [0.1, 0.15) is 13.3 Å². The van der Waals surface area contributed by atoms with E-state index in [1.165, 1.54) is 0 Å². The van der Waals surface area contributed by atoms with Crippen molar-refractivity contribution in [2.45, 2.75) is 29.3 Å². The summed E-state index contributed by atoms with van der Waals surface area (Å²) in [7, 11) is 0. The third-order valence-electron chi connectivity index (χ3n) is 1.61. The van der Waals surface area contributed by atoms with E-state index in [2.05, 4.69) is 31.9 Å². The van der Waals surface area contributed by atoms with Crippen molar-refractivity contribution in [2.75, 3.05) is 13.2 Å². The quantitative estimate of drug-likeness (QED) is 0.726. The molecule has 66 valence electrons. The summed E-state index contributed by atoms with van der Waals surface area (Å²) in [6.07, 6.45) is 0.956. The van der Waals surface area contributed by atoms with E-state index in [1.807, 2.05) is 6.92 Å². The predicted octanol–water partition coefficient (Wildman–Crippen LogP) is 2.30. The Kier molecular flexibility index (Phi) is 4.34. The zero-order valence-electron chi connectivity index (χ0n) is 6.43. The molecule has 0 unspecified atom stereocenters. The van der Waals surface area contributed by atoms with Crippen molar-refractivity contribution in [1.82, 2.24) is 0 Å². The Hall–Kier alpha value is 0.880. The summed E-state index contributed by atoms with van der Waals surface area (Å²) >= 11 is 7.08. The van der Waals surface area contributed by atoms with E-state index >= 15 is 0 Å². The Balaban J connectivity index is 2.38. The summed E-state index contributed by atoms with van der Waals surface area (Å²) in [5.41, 5.74) is 0. The van der Waals surface area contributed by atoms with Gasteiger partial charge in [-0.05, 0) is 13.3 Å². The first-order chi connectivity index (χ1) is 5.25. The largest absolute Gasteiger partial charge is 0.352 e. The van der Waals surface area contributed by atoms with Gasteiger partial charge in [-0.15, -0.1) is 0 Å². The van der Waals surface area contributed by atoms with Gasteiger partial charge in [-0.1, -0.05) is 31.9 Å². The van der Waals surface area contributed by atoms with Crippen LogP contribution in [-0.4, -0.2) is 29.2 Å². The number of hydrogen-bond donors (Lipinski definition) is 0. The molecule has 0 aromatic rings. The molecule has 1 aliphatic heterocycles. The van der Waals surface area contributed by atoms with Gasteiger partial charge < -0.3 is 9.47 Å². The Bertz CT molecular complexity index is 119. The fourth-order valence-corrected chi connectivity index (χ4v) is 2.03. The van der Waals surface area contributed by atoms with Crippen LogP contribution in [0.5, 0.6) is 0 Å². The lowest BCUT2D eigenvalue weighted by Crippen LogP contribution is -2.39. The van der Waals surface area contributed by atoms with Gasteiger partial charge in [0.1, 0.15) is 0 Å². The fourth-order valence-electron chi connectivity index (χ4n) is 1.02. The zero-order valence-corrected chi connectivity index (χ0v) is 9.60. The van der Waals surface area contributed by atoms with Crippen molar-refractivity contribution < 1.29 is 9.47 Å². The highest BCUT2D eigenvalue weighted by Gasteiger charge is 2.30. The predicted molar refractivity (Wildman–Crippen MR) is 51.4 cm³/mol. The number of hydrogen-bond acceptors (Lipinski definition) is 2. The zero-order chi connectivity index (χ0) is 8.27. The summed E-state index contributed by atoms with van der Waals surface area (Å²) in [6, 6.07) is 0. The van der Waals surface area contributed by atoms with Crippen LogP contribution in [0.15, 0.2) is 0 Å². The van der Waals surface area contributed by atoms with Gasteiger partial charge >= 0.3 is 0 Å².